The van der Waals surface area contributed by atoms with E-state index in [1.165, 1.54) is 24.8 Å². The van der Waals surface area contributed by atoms with Gasteiger partial charge >= 0.3 is 0 Å². The Labute approximate surface area is 69.4 Å². The Morgan fingerprint density at radius 3 is 3.09 bits per heavy atom. The highest BCUT2D eigenvalue weighted by atomic mass is 16.5. The molecule has 1 aliphatic heterocycles. The minimum absolute atomic E-state index is 0.737. The molecule has 1 aliphatic rings. The van der Waals surface area contributed by atoms with Gasteiger partial charge in [-0.25, -0.2) is 0 Å². The fourth-order valence-electron chi connectivity index (χ4n) is 1.43. The van der Waals surface area contributed by atoms with Crippen molar-refractivity contribution in [2.24, 2.45) is 5.92 Å². The van der Waals surface area contributed by atoms with Gasteiger partial charge in [-0.3, -0.25) is 0 Å². The van der Waals surface area contributed by atoms with E-state index in [1.807, 2.05) is 0 Å². The summed E-state index contributed by atoms with van der Waals surface area (Å²) in [5.41, 5.74) is 1.26. The van der Waals surface area contributed by atoms with Crippen LogP contribution < -0.4 is 0 Å². The van der Waals surface area contributed by atoms with Crippen LogP contribution in [0.4, 0.5) is 0 Å². The van der Waals surface area contributed by atoms with E-state index in [0.717, 1.165) is 25.6 Å². The molecule has 0 N–H and O–H groups in total. The molecule has 1 heteroatoms. The van der Waals surface area contributed by atoms with E-state index in [-0.39, 0.29) is 0 Å². The van der Waals surface area contributed by atoms with Crippen molar-refractivity contribution in [1.29, 1.82) is 0 Å². The van der Waals surface area contributed by atoms with Gasteiger partial charge in [0.05, 0.1) is 6.61 Å². The predicted octanol–water partition coefficient (Wildman–Crippen LogP) is 2.77. The summed E-state index contributed by atoms with van der Waals surface area (Å²) in [4.78, 5) is 0. The Morgan fingerprint density at radius 2 is 2.27 bits per heavy atom. The van der Waals surface area contributed by atoms with Gasteiger partial charge in [-0.2, -0.15) is 0 Å². The Hall–Kier alpha value is -0.300. The van der Waals surface area contributed by atoms with Gasteiger partial charge in [0.15, 0.2) is 0 Å². The van der Waals surface area contributed by atoms with E-state index in [2.05, 4.69) is 13.5 Å². The second-order valence-corrected chi connectivity index (χ2v) is 3.62. The third-order valence-electron chi connectivity index (χ3n) is 2.19. The van der Waals surface area contributed by atoms with Crippen LogP contribution in [0.1, 0.15) is 32.6 Å². The smallest absolute Gasteiger partial charge is 0.0674 e. The van der Waals surface area contributed by atoms with Crippen molar-refractivity contribution in [1.82, 2.24) is 0 Å². The van der Waals surface area contributed by atoms with Crippen molar-refractivity contribution < 1.29 is 4.74 Å². The summed E-state index contributed by atoms with van der Waals surface area (Å²) in [6, 6.07) is 0. The lowest BCUT2D eigenvalue weighted by Crippen LogP contribution is -2.05. The van der Waals surface area contributed by atoms with Crippen LogP contribution in [-0.2, 0) is 4.74 Å². The van der Waals surface area contributed by atoms with Crippen molar-refractivity contribution in [3.05, 3.63) is 12.2 Å². The van der Waals surface area contributed by atoms with Gasteiger partial charge in [-0.1, -0.05) is 25.5 Å². The molecule has 0 aromatic heterocycles. The molecule has 0 aromatic rings. The molecule has 0 aromatic carbocycles. The highest BCUT2D eigenvalue weighted by Crippen LogP contribution is 2.15. The molecular weight excluding hydrogens is 136 g/mol. The number of ether oxygens (including phenoxy) is 1. The standard InChI is InChI=1S/C10H18O/c1-9-5-3-4-6-10(2)8-11-7-9/h10H,1,3-8H2,2H3. The van der Waals surface area contributed by atoms with Gasteiger partial charge < -0.3 is 4.74 Å². The Balaban J connectivity index is 2.29. The molecule has 1 atom stereocenters. The molecule has 1 nitrogen and oxygen atoms in total. The number of rotatable bonds is 0. The molecule has 1 saturated heterocycles. The molecule has 1 fully saturated rings. The maximum absolute atomic E-state index is 5.48. The number of hydrogen-bond acceptors (Lipinski definition) is 1. The summed E-state index contributed by atoms with van der Waals surface area (Å²) in [5, 5.41) is 0. The molecule has 0 spiro atoms. The van der Waals surface area contributed by atoms with Gasteiger partial charge in [-0.15, -0.1) is 0 Å². The molecule has 0 amide bonds. The zero-order valence-electron chi connectivity index (χ0n) is 7.44. The summed E-state index contributed by atoms with van der Waals surface area (Å²) < 4.78 is 5.48. The molecule has 64 valence electrons. The Bertz CT molecular complexity index is 129. The lowest BCUT2D eigenvalue weighted by molar-refractivity contribution is 0.122. The van der Waals surface area contributed by atoms with E-state index < -0.39 is 0 Å². The monoisotopic (exact) mass is 154 g/mol. The van der Waals surface area contributed by atoms with Gasteiger partial charge in [0.2, 0.25) is 0 Å². The third-order valence-corrected chi connectivity index (χ3v) is 2.19. The lowest BCUT2D eigenvalue weighted by atomic mass is 10.0. The van der Waals surface area contributed by atoms with Crippen LogP contribution in [-0.4, -0.2) is 13.2 Å². The van der Waals surface area contributed by atoms with Gasteiger partial charge in [0.1, 0.15) is 0 Å². The second-order valence-electron chi connectivity index (χ2n) is 3.62. The number of hydrogen-bond donors (Lipinski definition) is 0. The average Bonchev–Trinajstić information content (AvgIpc) is 2.04. The molecule has 0 bridgehead atoms. The van der Waals surface area contributed by atoms with Crippen LogP contribution in [0.5, 0.6) is 0 Å². The van der Waals surface area contributed by atoms with Crippen LogP contribution in [0.15, 0.2) is 12.2 Å². The van der Waals surface area contributed by atoms with E-state index in [0.29, 0.717) is 0 Å². The maximum Gasteiger partial charge on any atom is 0.0674 e. The molecule has 0 aliphatic carbocycles. The second kappa shape index (κ2) is 4.55. The van der Waals surface area contributed by atoms with Gasteiger partial charge in [0, 0.05) is 6.61 Å². The zero-order chi connectivity index (χ0) is 8.10. The first kappa shape index (κ1) is 8.79. The van der Waals surface area contributed by atoms with Crippen molar-refractivity contribution in [2.75, 3.05) is 13.2 Å². The van der Waals surface area contributed by atoms with Crippen molar-refractivity contribution >= 4 is 0 Å². The summed E-state index contributed by atoms with van der Waals surface area (Å²) in [5.74, 6) is 0.737. The van der Waals surface area contributed by atoms with E-state index in [1.54, 1.807) is 0 Å². The van der Waals surface area contributed by atoms with Crippen LogP contribution in [0, 0.1) is 5.92 Å². The quantitative estimate of drug-likeness (QED) is 0.487. The minimum atomic E-state index is 0.737. The molecule has 1 rings (SSSR count). The van der Waals surface area contributed by atoms with Crippen LogP contribution >= 0.6 is 0 Å². The first-order chi connectivity index (χ1) is 5.29. The van der Waals surface area contributed by atoms with E-state index in [9.17, 15) is 0 Å². The highest BCUT2D eigenvalue weighted by Gasteiger charge is 2.06. The van der Waals surface area contributed by atoms with Crippen LogP contribution in [0.3, 0.4) is 0 Å². The topological polar surface area (TPSA) is 9.23 Å². The third kappa shape index (κ3) is 3.57. The first-order valence-corrected chi connectivity index (χ1v) is 4.53. The van der Waals surface area contributed by atoms with Crippen molar-refractivity contribution in [3.8, 4) is 0 Å². The van der Waals surface area contributed by atoms with Crippen LogP contribution in [0.2, 0.25) is 0 Å². The Kier molecular flexibility index (Phi) is 3.64. The fourth-order valence-corrected chi connectivity index (χ4v) is 1.43. The van der Waals surface area contributed by atoms with Crippen LogP contribution in [0.25, 0.3) is 0 Å². The average molecular weight is 154 g/mol. The van der Waals surface area contributed by atoms with E-state index in [4.69, 9.17) is 4.74 Å². The first-order valence-electron chi connectivity index (χ1n) is 4.53. The normalized spacial score (nSPS) is 28.8. The fraction of sp³-hybridized carbons (Fsp3) is 0.800. The predicted molar refractivity (Wildman–Crippen MR) is 47.6 cm³/mol. The lowest BCUT2D eigenvalue weighted by Gasteiger charge is -2.08. The van der Waals surface area contributed by atoms with Crippen molar-refractivity contribution in [3.63, 3.8) is 0 Å². The van der Waals surface area contributed by atoms with E-state index >= 15 is 0 Å². The molecule has 1 heterocycles. The summed E-state index contributed by atoms with van der Waals surface area (Å²) in [6.45, 7) is 7.91. The largest absolute Gasteiger partial charge is 0.377 e. The SMILES string of the molecule is C=C1CCCCC(C)COC1. The summed E-state index contributed by atoms with van der Waals surface area (Å²) in [6.07, 6.45) is 5.11. The highest BCUT2D eigenvalue weighted by molar-refractivity contribution is 4.94. The minimum Gasteiger partial charge on any atom is -0.377 e. The Morgan fingerprint density at radius 1 is 1.45 bits per heavy atom. The van der Waals surface area contributed by atoms with Crippen molar-refractivity contribution in [2.45, 2.75) is 32.6 Å². The summed E-state index contributed by atoms with van der Waals surface area (Å²) >= 11 is 0. The maximum atomic E-state index is 5.48. The van der Waals surface area contributed by atoms with Gasteiger partial charge in [0.25, 0.3) is 0 Å². The zero-order valence-corrected chi connectivity index (χ0v) is 7.44. The molecular formula is C10H18O. The molecule has 0 radical (unpaired) electrons. The molecule has 11 heavy (non-hydrogen) atoms. The molecule has 0 saturated carbocycles. The summed E-state index contributed by atoms with van der Waals surface area (Å²) in [7, 11) is 0. The molecule has 1 unspecified atom stereocenters. The van der Waals surface area contributed by atoms with Gasteiger partial charge in [-0.05, 0) is 25.2 Å².